The quantitative estimate of drug-likeness (QED) is 0.850. The summed E-state index contributed by atoms with van der Waals surface area (Å²) < 4.78 is 0.988. The van der Waals surface area contributed by atoms with E-state index >= 15 is 0 Å². The number of hydrogen-bond donors (Lipinski definition) is 2. The Morgan fingerprint density at radius 2 is 2.10 bits per heavy atom. The van der Waals surface area contributed by atoms with Crippen molar-refractivity contribution < 1.29 is 4.79 Å². The van der Waals surface area contributed by atoms with Crippen LogP contribution in [0.4, 0.5) is 11.5 Å². The average molecular weight is 348 g/mol. The maximum atomic E-state index is 12.3. The largest absolute Gasteiger partial charge is 0.370 e. The van der Waals surface area contributed by atoms with E-state index in [1.165, 1.54) is 0 Å². The van der Waals surface area contributed by atoms with Gasteiger partial charge in [-0.3, -0.25) is 4.79 Å². The first-order valence-corrected chi connectivity index (χ1v) is 7.68. The number of carbonyl (C=O) groups excluding carboxylic acids is 1. The van der Waals surface area contributed by atoms with Crippen LogP contribution in [0, 0.1) is 6.92 Å². The van der Waals surface area contributed by atoms with Gasteiger partial charge in [0.15, 0.2) is 0 Å². The van der Waals surface area contributed by atoms with Crippen molar-refractivity contribution in [3.63, 3.8) is 0 Å². The van der Waals surface area contributed by atoms with Gasteiger partial charge in [-0.2, -0.15) is 0 Å². The molecular weight excluding hydrogens is 330 g/mol. The molecule has 0 aliphatic carbocycles. The van der Waals surface area contributed by atoms with Crippen LogP contribution < -0.4 is 10.6 Å². The highest BCUT2D eigenvalue weighted by atomic mass is 79.9. The molecule has 2 rings (SSSR count). The van der Waals surface area contributed by atoms with E-state index in [0.717, 1.165) is 34.5 Å². The second-order valence-corrected chi connectivity index (χ2v) is 5.66. The number of halogens is 1. The zero-order valence-corrected chi connectivity index (χ0v) is 13.7. The first kappa shape index (κ1) is 15.5. The molecule has 0 saturated heterocycles. The third kappa shape index (κ3) is 4.29. The summed E-state index contributed by atoms with van der Waals surface area (Å²) in [4.78, 5) is 16.6. The van der Waals surface area contributed by atoms with Gasteiger partial charge in [-0.05, 0) is 49.2 Å². The number of benzene rings is 1. The molecule has 4 nitrogen and oxygen atoms in total. The van der Waals surface area contributed by atoms with Crippen LogP contribution in [0.3, 0.4) is 0 Å². The number of carbonyl (C=O) groups is 1. The summed E-state index contributed by atoms with van der Waals surface area (Å²) in [7, 11) is 0. The average Bonchev–Trinajstić information content (AvgIpc) is 2.48. The monoisotopic (exact) mass is 347 g/mol. The molecule has 5 heteroatoms. The number of nitrogens with one attached hydrogen (secondary N) is 2. The lowest BCUT2D eigenvalue weighted by molar-refractivity contribution is 0.102. The first-order chi connectivity index (χ1) is 10.1. The molecule has 0 unspecified atom stereocenters. The van der Waals surface area contributed by atoms with Crippen molar-refractivity contribution >= 4 is 33.3 Å². The van der Waals surface area contributed by atoms with Crippen LogP contribution in [0.1, 0.15) is 29.4 Å². The number of aryl methyl sites for hydroxylation is 1. The number of hydrogen-bond acceptors (Lipinski definition) is 3. The Kier molecular flexibility index (Phi) is 5.33. The number of nitrogens with zero attached hydrogens (tertiary/aromatic N) is 1. The highest BCUT2D eigenvalue weighted by Crippen LogP contribution is 2.20. The molecule has 1 heterocycles. The zero-order chi connectivity index (χ0) is 15.2. The minimum Gasteiger partial charge on any atom is -0.370 e. The highest BCUT2D eigenvalue weighted by Gasteiger charge is 2.10. The molecule has 1 aromatic heterocycles. The maximum Gasteiger partial charge on any atom is 0.274 e. The Morgan fingerprint density at radius 3 is 2.81 bits per heavy atom. The van der Waals surface area contributed by atoms with Crippen molar-refractivity contribution in [1.82, 2.24) is 4.98 Å². The van der Waals surface area contributed by atoms with E-state index in [1.54, 1.807) is 6.07 Å². The van der Waals surface area contributed by atoms with Gasteiger partial charge in [0, 0.05) is 16.7 Å². The Balaban J connectivity index is 2.12. The molecule has 21 heavy (non-hydrogen) atoms. The fourth-order valence-electron chi connectivity index (χ4n) is 1.87. The third-order valence-corrected chi connectivity index (χ3v) is 3.47. The van der Waals surface area contributed by atoms with E-state index in [0.29, 0.717) is 5.69 Å². The summed E-state index contributed by atoms with van der Waals surface area (Å²) in [6.07, 6.45) is 1.01. The molecule has 0 fully saturated rings. The lowest BCUT2D eigenvalue weighted by atomic mass is 10.2. The minimum absolute atomic E-state index is 0.208. The van der Waals surface area contributed by atoms with E-state index in [-0.39, 0.29) is 5.91 Å². The molecule has 2 N–H and O–H groups in total. The van der Waals surface area contributed by atoms with Gasteiger partial charge in [-0.25, -0.2) is 4.98 Å². The smallest absolute Gasteiger partial charge is 0.274 e. The molecule has 0 radical (unpaired) electrons. The van der Waals surface area contributed by atoms with Crippen molar-refractivity contribution in [3.05, 3.63) is 52.1 Å². The number of rotatable bonds is 5. The van der Waals surface area contributed by atoms with Gasteiger partial charge in [0.1, 0.15) is 11.5 Å². The van der Waals surface area contributed by atoms with Gasteiger partial charge in [-0.1, -0.05) is 28.9 Å². The molecule has 1 aromatic carbocycles. The summed E-state index contributed by atoms with van der Waals surface area (Å²) in [5.41, 5.74) is 2.19. The molecule has 110 valence electrons. The van der Waals surface area contributed by atoms with Gasteiger partial charge < -0.3 is 10.6 Å². The van der Waals surface area contributed by atoms with Crippen molar-refractivity contribution in [2.24, 2.45) is 0 Å². The molecule has 0 spiro atoms. The van der Waals surface area contributed by atoms with Gasteiger partial charge in [0.2, 0.25) is 0 Å². The molecule has 2 aromatic rings. The molecule has 0 saturated carbocycles. The van der Waals surface area contributed by atoms with Crippen LogP contribution in [0.5, 0.6) is 0 Å². The molecular formula is C16H18BrN3O. The topological polar surface area (TPSA) is 54.0 Å². The molecule has 0 aliphatic heterocycles. The van der Waals surface area contributed by atoms with Gasteiger partial charge in [-0.15, -0.1) is 0 Å². The van der Waals surface area contributed by atoms with E-state index in [9.17, 15) is 4.79 Å². The Morgan fingerprint density at radius 1 is 1.29 bits per heavy atom. The number of anilines is 2. The second-order valence-electron chi connectivity index (χ2n) is 4.75. The summed E-state index contributed by atoms with van der Waals surface area (Å²) in [5, 5.41) is 6.06. The SMILES string of the molecule is CCCNc1cccc(C(=O)Nc2ccc(Br)cc2C)n1. The normalized spacial score (nSPS) is 10.2. The first-order valence-electron chi connectivity index (χ1n) is 6.88. The standard InChI is InChI=1S/C16H18BrN3O/c1-3-9-18-15-6-4-5-14(19-15)16(21)20-13-8-7-12(17)10-11(13)2/h4-8,10H,3,9H2,1-2H3,(H,18,19)(H,20,21). The van der Waals surface area contributed by atoms with E-state index in [1.807, 2.05) is 37.3 Å². The predicted molar refractivity (Wildman–Crippen MR) is 89.8 cm³/mol. The summed E-state index contributed by atoms with van der Waals surface area (Å²) in [6, 6.07) is 11.1. The van der Waals surface area contributed by atoms with E-state index in [2.05, 4.69) is 38.5 Å². The summed E-state index contributed by atoms with van der Waals surface area (Å²) >= 11 is 3.41. The lowest BCUT2D eigenvalue weighted by Crippen LogP contribution is -2.15. The van der Waals surface area contributed by atoms with Gasteiger partial charge in [0.25, 0.3) is 5.91 Å². The summed E-state index contributed by atoms with van der Waals surface area (Å²) in [5.74, 6) is 0.512. The van der Waals surface area contributed by atoms with Crippen molar-refractivity contribution in [2.75, 3.05) is 17.2 Å². The molecule has 1 amide bonds. The second kappa shape index (κ2) is 7.22. The molecule has 0 bridgehead atoms. The molecule has 0 atom stereocenters. The molecule has 0 aliphatic rings. The predicted octanol–water partition coefficient (Wildman–Crippen LogP) is 4.23. The van der Waals surface area contributed by atoms with Gasteiger partial charge in [0.05, 0.1) is 0 Å². The van der Waals surface area contributed by atoms with Crippen LogP contribution >= 0.6 is 15.9 Å². The van der Waals surface area contributed by atoms with Gasteiger partial charge >= 0.3 is 0 Å². The Hall–Kier alpha value is -1.88. The lowest BCUT2D eigenvalue weighted by Gasteiger charge is -2.09. The summed E-state index contributed by atoms with van der Waals surface area (Å²) in [6.45, 7) is 4.87. The van der Waals surface area contributed by atoms with Crippen LogP contribution in [0.2, 0.25) is 0 Å². The number of aromatic nitrogens is 1. The van der Waals surface area contributed by atoms with Crippen LogP contribution in [-0.4, -0.2) is 17.4 Å². The van der Waals surface area contributed by atoms with Crippen molar-refractivity contribution in [1.29, 1.82) is 0 Å². The maximum absolute atomic E-state index is 12.3. The third-order valence-electron chi connectivity index (χ3n) is 2.97. The highest BCUT2D eigenvalue weighted by molar-refractivity contribution is 9.10. The number of amides is 1. The minimum atomic E-state index is -0.208. The Labute approximate surface area is 133 Å². The fourth-order valence-corrected chi connectivity index (χ4v) is 2.34. The van der Waals surface area contributed by atoms with Crippen LogP contribution in [0.15, 0.2) is 40.9 Å². The van der Waals surface area contributed by atoms with Crippen molar-refractivity contribution in [2.45, 2.75) is 20.3 Å². The fraction of sp³-hybridized carbons (Fsp3) is 0.250. The van der Waals surface area contributed by atoms with Crippen LogP contribution in [-0.2, 0) is 0 Å². The van der Waals surface area contributed by atoms with Crippen LogP contribution in [0.25, 0.3) is 0 Å². The number of pyridine rings is 1. The van der Waals surface area contributed by atoms with E-state index < -0.39 is 0 Å². The van der Waals surface area contributed by atoms with Crippen molar-refractivity contribution in [3.8, 4) is 0 Å². The zero-order valence-electron chi connectivity index (χ0n) is 12.1. The Bertz CT molecular complexity index is 643. The van der Waals surface area contributed by atoms with E-state index in [4.69, 9.17) is 0 Å².